The van der Waals surface area contributed by atoms with Gasteiger partial charge in [0.25, 0.3) is 0 Å². The Morgan fingerprint density at radius 3 is 2.62 bits per heavy atom. The van der Waals surface area contributed by atoms with Crippen LogP contribution in [0, 0.1) is 0 Å². The van der Waals surface area contributed by atoms with Gasteiger partial charge in [0.15, 0.2) is 9.84 Å². The highest BCUT2D eigenvalue weighted by Gasteiger charge is 2.23. The molecule has 1 heterocycles. The van der Waals surface area contributed by atoms with Gasteiger partial charge in [0, 0.05) is 10.5 Å². The predicted molar refractivity (Wildman–Crippen MR) is 68.2 cm³/mol. The highest BCUT2D eigenvalue weighted by molar-refractivity contribution is 9.10. The first-order valence-electron chi connectivity index (χ1n) is 5.26. The Kier molecular flexibility index (Phi) is 3.66. The smallest absolute Gasteiger partial charge is 0.152 e. The molecule has 1 aromatic carbocycles. The number of hydrogen-bond donors (Lipinski definition) is 1. The van der Waals surface area contributed by atoms with Gasteiger partial charge in [-0.3, -0.25) is 0 Å². The van der Waals surface area contributed by atoms with Gasteiger partial charge >= 0.3 is 0 Å². The average molecular weight is 304 g/mol. The van der Waals surface area contributed by atoms with Gasteiger partial charge in [0.05, 0.1) is 11.5 Å². The van der Waals surface area contributed by atoms with Gasteiger partial charge < -0.3 is 5.32 Å². The molecule has 1 N–H and O–H groups in total. The second kappa shape index (κ2) is 4.85. The van der Waals surface area contributed by atoms with Crippen LogP contribution in [0.3, 0.4) is 0 Å². The first-order valence-corrected chi connectivity index (χ1v) is 7.87. The Labute approximate surface area is 104 Å². The van der Waals surface area contributed by atoms with Crippen molar-refractivity contribution in [2.45, 2.75) is 12.5 Å². The highest BCUT2D eigenvalue weighted by Crippen LogP contribution is 2.20. The third kappa shape index (κ3) is 3.06. The minimum absolute atomic E-state index is 0.0689. The highest BCUT2D eigenvalue weighted by atomic mass is 79.9. The Hall–Kier alpha value is -0.390. The fraction of sp³-hybridized carbons (Fsp3) is 0.455. The molecule has 1 unspecified atom stereocenters. The van der Waals surface area contributed by atoms with Gasteiger partial charge in [-0.05, 0) is 30.7 Å². The van der Waals surface area contributed by atoms with Crippen molar-refractivity contribution in [3.05, 3.63) is 34.3 Å². The zero-order valence-corrected chi connectivity index (χ0v) is 11.2. The molecule has 0 aromatic heterocycles. The Morgan fingerprint density at radius 1 is 1.25 bits per heavy atom. The molecule has 1 saturated heterocycles. The summed E-state index contributed by atoms with van der Waals surface area (Å²) in [5.74, 6) is 0.502. The van der Waals surface area contributed by atoms with Crippen molar-refractivity contribution in [2.24, 2.45) is 0 Å². The lowest BCUT2D eigenvalue weighted by Gasteiger charge is -2.15. The van der Waals surface area contributed by atoms with Crippen molar-refractivity contribution >= 4 is 25.8 Å². The fourth-order valence-electron chi connectivity index (χ4n) is 1.87. The maximum absolute atomic E-state index is 11.7. The Bertz CT molecular complexity index is 455. The molecular formula is C11H14BrNO2S. The normalized spacial score (nSPS) is 24.9. The quantitative estimate of drug-likeness (QED) is 0.862. The van der Waals surface area contributed by atoms with Crippen LogP contribution in [0.25, 0.3) is 0 Å². The zero-order valence-electron chi connectivity index (χ0n) is 8.82. The minimum atomic E-state index is -2.90. The summed E-state index contributed by atoms with van der Waals surface area (Å²) in [7, 11) is -2.90. The standard InChI is InChI=1S/C11H14BrNO2S/c12-10-4-2-9(3-5-10)11-8-16(14,15)7-1-6-13-11/h2-5,11,13H,1,6-8H2. The van der Waals surface area contributed by atoms with E-state index in [1.807, 2.05) is 24.3 Å². The van der Waals surface area contributed by atoms with E-state index in [-0.39, 0.29) is 11.8 Å². The number of benzene rings is 1. The largest absolute Gasteiger partial charge is 0.309 e. The molecule has 16 heavy (non-hydrogen) atoms. The summed E-state index contributed by atoms with van der Waals surface area (Å²) in [6.07, 6.45) is 0.704. The van der Waals surface area contributed by atoms with Gasteiger partial charge in [-0.2, -0.15) is 0 Å². The Morgan fingerprint density at radius 2 is 1.94 bits per heavy atom. The van der Waals surface area contributed by atoms with Crippen LogP contribution in [0.4, 0.5) is 0 Å². The molecule has 3 nitrogen and oxygen atoms in total. The molecule has 1 fully saturated rings. The van der Waals surface area contributed by atoms with Crippen molar-refractivity contribution in [3.63, 3.8) is 0 Å². The van der Waals surface area contributed by atoms with Crippen LogP contribution in [-0.4, -0.2) is 26.5 Å². The van der Waals surface area contributed by atoms with E-state index < -0.39 is 9.84 Å². The van der Waals surface area contributed by atoms with Crippen LogP contribution in [-0.2, 0) is 9.84 Å². The molecule has 0 bridgehead atoms. The van der Waals surface area contributed by atoms with E-state index in [1.165, 1.54) is 0 Å². The van der Waals surface area contributed by atoms with E-state index >= 15 is 0 Å². The second-order valence-corrected chi connectivity index (χ2v) is 7.17. The lowest BCUT2D eigenvalue weighted by atomic mass is 10.1. The molecule has 2 rings (SSSR count). The fourth-order valence-corrected chi connectivity index (χ4v) is 3.71. The van der Waals surface area contributed by atoms with Crippen LogP contribution in [0.15, 0.2) is 28.7 Å². The van der Waals surface area contributed by atoms with Gasteiger partial charge in [-0.15, -0.1) is 0 Å². The van der Waals surface area contributed by atoms with Crippen molar-refractivity contribution in [1.29, 1.82) is 0 Å². The Balaban J connectivity index is 2.22. The summed E-state index contributed by atoms with van der Waals surface area (Å²) in [4.78, 5) is 0. The predicted octanol–water partition coefficient (Wildman–Crippen LogP) is 1.90. The van der Waals surface area contributed by atoms with Gasteiger partial charge in [-0.1, -0.05) is 28.1 Å². The van der Waals surface area contributed by atoms with Crippen molar-refractivity contribution < 1.29 is 8.42 Å². The number of rotatable bonds is 1. The number of nitrogens with one attached hydrogen (secondary N) is 1. The third-order valence-electron chi connectivity index (χ3n) is 2.72. The molecule has 0 spiro atoms. The van der Waals surface area contributed by atoms with E-state index in [0.717, 1.165) is 16.6 Å². The van der Waals surface area contributed by atoms with E-state index in [4.69, 9.17) is 0 Å². The van der Waals surface area contributed by atoms with Crippen LogP contribution in [0.5, 0.6) is 0 Å². The van der Waals surface area contributed by atoms with E-state index in [1.54, 1.807) is 0 Å². The van der Waals surface area contributed by atoms with E-state index in [9.17, 15) is 8.42 Å². The first kappa shape index (κ1) is 12.1. The van der Waals surface area contributed by atoms with Gasteiger partial charge in [0.1, 0.15) is 0 Å². The van der Waals surface area contributed by atoms with Crippen LogP contribution in [0.2, 0.25) is 0 Å². The lowest BCUT2D eigenvalue weighted by molar-refractivity contribution is 0.572. The van der Waals surface area contributed by atoms with Gasteiger partial charge in [0.2, 0.25) is 0 Å². The number of halogens is 1. The molecule has 0 amide bonds. The minimum Gasteiger partial charge on any atom is -0.309 e. The number of sulfone groups is 1. The number of hydrogen-bond acceptors (Lipinski definition) is 3. The maximum atomic E-state index is 11.7. The molecule has 5 heteroatoms. The summed E-state index contributed by atoms with van der Waals surface area (Å²) < 4.78 is 24.4. The van der Waals surface area contributed by atoms with Crippen molar-refractivity contribution in [3.8, 4) is 0 Å². The van der Waals surface area contributed by atoms with Crippen LogP contribution in [0.1, 0.15) is 18.0 Å². The topological polar surface area (TPSA) is 46.2 Å². The summed E-state index contributed by atoms with van der Waals surface area (Å²) in [5, 5.41) is 3.28. The zero-order chi connectivity index (χ0) is 11.6. The SMILES string of the molecule is O=S1(=O)CCCNC(c2ccc(Br)cc2)C1. The van der Waals surface area contributed by atoms with E-state index in [2.05, 4.69) is 21.2 Å². The molecule has 1 atom stereocenters. The first-order chi connectivity index (χ1) is 7.57. The molecule has 1 aliphatic rings. The van der Waals surface area contributed by atoms with Crippen molar-refractivity contribution in [1.82, 2.24) is 5.32 Å². The molecular weight excluding hydrogens is 290 g/mol. The van der Waals surface area contributed by atoms with Crippen LogP contribution < -0.4 is 5.32 Å². The average Bonchev–Trinajstić information content (AvgIpc) is 2.40. The second-order valence-electron chi connectivity index (χ2n) is 4.03. The van der Waals surface area contributed by atoms with E-state index in [0.29, 0.717) is 12.2 Å². The molecule has 0 saturated carbocycles. The lowest BCUT2D eigenvalue weighted by Crippen LogP contribution is -2.25. The maximum Gasteiger partial charge on any atom is 0.152 e. The summed E-state index contributed by atoms with van der Waals surface area (Å²) in [6.45, 7) is 0.764. The van der Waals surface area contributed by atoms with Crippen molar-refractivity contribution in [2.75, 3.05) is 18.1 Å². The van der Waals surface area contributed by atoms with Gasteiger partial charge in [-0.25, -0.2) is 8.42 Å². The monoisotopic (exact) mass is 303 g/mol. The molecule has 88 valence electrons. The van der Waals surface area contributed by atoms with Crippen LogP contribution >= 0.6 is 15.9 Å². The molecule has 1 aromatic rings. The molecule has 0 aliphatic carbocycles. The molecule has 1 aliphatic heterocycles. The third-order valence-corrected chi connectivity index (χ3v) is 5.00. The summed E-state index contributed by atoms with van der Waals surface area (Å²) >= 11 is 3.37. The molecule has 0 radical (unpaired) electrons. The summed E-state index contributed by atoms with van der Waals surface area (Å²) in [5.41, 5.74) is 1.04. The summed E-state index contributed by atoms with van der Waals surface area (Å²) in [6, 6.07) is 7.73.